The second-order valence-electron chi connectivity index (χ2n) is 17.8. The van der Waals surface area contributed by atoms with Crippen LogP contribution in [0.3, 0.4) is 0 Å². The number of quaternary nitrogens is 1. The van der Waals surface area contributed by atoms with Crippen molar-refractivity contribution in [3.05, 3.63) is 85.1 Å². The molecule has 0 aromatic heterocycles. The van der Waals surface area contributed by atoms with E-state index in [2.05, 4.69) is 98.9 Å². The van der Waals surface area contributed by atoms with E-state index in [4.69, 9.17) is 18.5 Å². The molecule has 63 heavy (non-hydrogen) atoms. The summed E-state index contributed by atoms with van der Waals surface area (Å²) in [6.07, 6.45) is 61.7. The number of carbonyl (C=O) groups excluding carboxylic acids is 1. The van der Waals surface area contributed by atoms with Crippen molar-refractivity contribution in [1.82, 2.24) is 0 Å². The van der Waals surface area contributed by atoms with Gasteiger partial charge in [-0.15, -0.1) is 0 Å². The van der Waals surface area contributed by atoms with Gasteiger partial charge in [-0.3, -0.25) is 9.36 Å². The van der Waals surface area contributed by atoms with Crippen LogP contribution in [0.1, 0.15) is 194 Å². The van der Waals surface area contributed by atoms with Gasteiger partial charge in [0.05, 0.1) is 34.4 Å². The molecule has 0 amide bonds. The molecule has 0 saturated heterocycles. The smallest absolute Gasteiger partial charge is 0.306 e. The van der Waals surface area contributed by atoms with E-state index in [1.54, 1.807) is 0 Å². The Hall–Kier alpha value is -2.32. The molecule has 0 saturated carbocycles. The molecular formula is C54H96NO7P. The van der Waals surface area contributed by atoms with E-state index in [0.717, 1.165) is 83.5 Å². The maximum Gasteiger partial charge on any atom is 0.306 e. The molecule has 0 fully saturated rings. The van der Waals surface area contributed by atoms with E-state index in [0.29, 0.717) is 24.1 Å². The Labute approximate surface area is 388 Å². The molecule has 9 heteroatoms. The van der Waals surface area contributed by atoms with Gasteiger partial charge in [-0.2, -0.15) is 0 Å². The zero-order chi connectivity index (χ0) is 46.2. The van der Waals surface area contributed by atoms with E-state index < -0.39 is 13.9 Å². The molecule has 0 aliphatic carbocycles. The van der Waals surface area contributed by atoms with Crippen molar-refractivity contribution in [3.8, 4) is 0 Å². The second-order valence-corrected chi connectivity index (χ2v) is 19.2. The van der Waals surface area contributed by atoms with Crippen molar-refractivity contribution in [2.75, 3.05) is 54.1 Å². The van der Waals surface area contributed by atoms with E-state index in [-0.39, 0.29) is 25.8 Å². The van der Waals surface area contributed by atoms with Gasteiger partial charge in [-0.05, 0) is 89.9 Å². The SMILES string of the molecule is CC/C=C\C/C=C\C/C=C\C/C=C\C/C=C\CCCCCCCCCCOCC(COP(=O)([O-])OCC[N+](C)(C)C)OC(=O)CCCCCCCCC/C=C\C/C=C\CCCCC. The monoisotopic (exact) mass is 902 g/mol. The highest BCUT2D eigenvalue weighted by molar-refractivity contribution is 7.45. The molecule has 0 aliphatic heterocycles. The quantitative estimate of drug-likeness (QED) is 0.0197. The molecule has 8 nitrogen and oxygen atoms in total. The topological polar surface area (TPSA) is 94.1 Å². The number of allylic oxidation sites excluding steroid dienone is 14. The third-order valence-electron chi connectivity index (χ3n) is 10.4. The van der Waals surface area contributed by atoms with Crippen molar-refractivity contribution < 1.29 is 37.3 Å². The van der Waals surface area contributed by atoms with Crippen LogP contribution in [0.25, 0.3) is 0 Å². The second kappa shape index (κ2) is 46.2. The van der Waals surface area contributed by atoms with Crippen LogP contribution in [-0.2, 0) is 27.9 Å². The van der Waals surface area contributed by atoms with Gasteiger partial charge in [0.25, 0.3) is 7.82 Å². The number of phosphoric acid groups is 1. The molecule has 0 rings (SSSR count). The number of hydrogen-bond donors (Lipinski definition) is 0. The Balaban J connectivity index is 4.19. The molecule has 0 radical (unpaired) electrons. The minimum absolute atomic E-state index is 0.0184. The van der Waals surface area contributed by atoms with E-state index in [1.165, 1.54) is 89.9 Å². The fourth-order valence-electron chi connectivity index (χ4n) is 6.54. The number of phosphoric ester groups is 1. The van der Waals surface area contributed by atoms with Gasteiger partial charge < -0.3 is 27.9 Å². The zero-order valence-corrected chi connectivity index (χ0v) is 42.1. The highest BCUT2D eigenvalue weighted by atomic mass is 31.2. The molecule has 0 heterocycles. The normalized spacial score (nSPS) is 14.3. The largest absolute Gasteiger partial charge is 0.756 e. The Morgan fingerprint density at radius 3 is 1.38 bits per heavy atom. The number of hydrogen-bond acceptors (Lipinski definition) is 7. The summed E-state index contributed by atoms with van der Waals surface area (Å²) in [5.74, 6) is -0.348. The maximum absolute atomic E-state index is 12.7. The number of rotatable bonds is 46. The Morgan fingerprint density at radius 1 is 0.508 bits per heavy atom. The minimum atomic E-state index is -4.54. The molecule has 364 valence electrons. The van der Waals surface area contributed by atoms with Crippen LogP contribution in [0.15, 0.2) is 85.1 Å². The summed E-state index contributed by atoms with van der Waals surface area (Å²) >= 11 is 0. The lowest BCUT2D eigenvalue weighted by Crippen LogP contribution is -2.37. The van der Waals surface area contributed by atoms with Gasteiger partial charge in [-0.1, -0.05) is 182 Å². The van der Waals surface area contributed by atoms with Crippen LogP contribution in [0, 0.1) is 0 Å². The zero-order valence-electron chi connectivity index (χ0n) is 41.2. The van der Waals surface area contributed by atoms with Crippen molar-refractivity contribution in [3.63, 3.8) is 0 Å². The van der Waals surface area contributed by atoms with Crippen LogP contribution in [0.2, 0.25) is 0 Å². The summed E-state index contributed by atoms with van der Waals surface area (Å²) in [6.45, 7) is 5.23. The average Bonchev–Trinajstić information content (AvgIpc) is 3.24. The number of likely N-dealkylation sites (N-methyl/N-ethyl adjacent to an activating group) is 1. The summed E-state index contributed by atoms with van der Waals surface area (Å²) in [4.78, 5) is 25.2. The molecule has 2 unspecified atom stereocenters. The van der Waals surface area contributed by atoms with Crippen LogP contribution in [-0.4, -0.2) is 70.7 Å². The lowest BCUT2D eigenvalue weighted by molar-refractivity contribution is -0.870. The lowest BCUT2D eigenvalue weighted by atomic mass is 10.1. The van der Waals surface area contributed by atoms with Crippen molar-refractivity contribution in [2.45, 2.75) is 200 Å². The Kier molecular flexibility index (Phi) is 44.5. The third-order valence-corrected chi connectivity index (χ3v) is 11.4. The van der Waals surface area contributed by atoms with Crippen LogP contribution < -0.4 is 4.89 Å². The van der Waals surface area contributed by atoms with E-state index >= 15 is 0 Å². The third kappa shape index (κ3) is 50.5. The minimum Gasteiger partial charge on any atom is -0.756 e. The standard InChI is InChI=1S/C54H96NO7P/c1-6-8-10-12-14-16-18-20-22-24-25-26-27-28-29-30-32-34-36-38-40-42-44-46-49-59-51-53(52-61-63(57,58)60-50-48-55(3,4)5)62-54(56)47-45-43-41-39-37-35-33-31-23-21-19-17-15-13-11-9-7-2/h8,10,14-17,20-23,25-26,28-29,53H,6-7,9,11-13,18-19,24,27,30-52H2,1-5H3/b10-8-,16-14-,17-15-,22-20-,23-21-,26-25-,29-28-. The van der Waals surface area contributed by atoms with Crippen molar-refractivity contribution in [1.29, 1.82) is 0 Å². The first-order valence-corrected chi connectivity index (χ1v) is 26.8. The van der Waals surface area contributed by atoms with Crippen LogP contribution in [0.4, 0.5) is 0 Å². The lowest BCUT2D eigenvalue weighted by Gasteiger charge is -2.28. The number of ether oxygens (including phenoxy) is 2. The molecule has 2 atom stereocenters. The molecule has 0 bridgehead atoms. The molecule has 0 aromatic rings. The van der Waals surface area contributed by atoms with Crippen LogP contribution >= 0.6 is 7.82 Å². The summed E-state index contributed by atoms with van der Waals surface area (Å²) < 4.78 is 34.7. The fraction of sp³-hybridized carbons (Fsp3) is 0.722. The summed E-state index contributed by atoms with van der Waals surface area (Å²) in [5.41, 5.74) is 0. The first-order chi connectivity index (χ1) is 30.6. The predicted molar refractivity (Wildman–Crippen MR) is 268 cm³/mol. The van der Waals surface area contributed by atoms with Gasteiger partial charge in [0.1, 0.15) is 19.3 Å². The molecule has 0 aromatic carbocycles. The Morgan fingerprint density at radius 2 is 0.921 bits per heavy atom. The number of carbonyl (C=O) groups is 1. The van der Waals surface area contributed by atoms with Gasteiger partial charge >= 0.3 is 5.97 Å². The highest BCUT2D eigenvalue weighted by Gasteiger charge is 2.20. The van der Waals surface area contributed by atoms with E-state index in [1.807, 2.05) is 21.1 Å². The van der Waals surface area contributed by atoms with Crippen LogP contribution in [0.5, 0.6) is 0 Å². The van der Waals surface area contributed by atoms with Gasteiger partial charge in [0.2, 0.25) is 0 Å². The maximum atomic E-state index is 12.7. The average molecular weight is 902 g/mol. The number of unbranched alkanes of at least 4 members (excludes halogenated alkanes) is 18. The number of nitrogens with zero attached hydrogens (tertiary/aromatic N) is 1. The summed E-state index contributed by atoms with van der Waals surface area (Å²) in [5, 5.41) is 0. The van der Waals surface area contributed by atoms with Crippen molar-refractivity contribution >= 4 is 13.8 Å². The number of esters is 1. The summed E-state index contributed by atoms with van der Waals surface area (Å²) in [7, 11) is 1.33. The van der Waals surface area contributed by atoms with E-state index in [9.17, 15) is 14.3 Å². The van der Waals surface area contributed by atoms with Gasteiger partial charge in [0, 0.05) is 13.0 Å². The first kappa shape index (κ1) is 60.7. The molecular weight excluding hydrogens is 806 g/mol. The fourth-order valence-corrected chi connectivity index (χ4v) is 7.27. The Bertz CT molecular complexity index is 1280. The van der Waals surface area contributed by atoms with Crippen molar-refractivity contribution in [2.24, 2.45) is 0 Å². The molecule has 0 aliphatic rings. The summed E-state index contributed by atoms with van der Waals surface area (Å²) in [6, 6.07) is 0. The molecule has 0 N–H and O–H groups in total. The van der Waals surface area contributed by atoms with Gasteiger partial charge in [0.15, 0.2) is 0 Å². The first-order valence-electron chi connectivity index (χ1n) is 25.3. The van der Waals surface area contributed by atoms with Gasteiger partial charge in [-0.25, -0.2) is 0 Å². The predicted octanol–water partition coefficient (Wildman–Crippen LogP) is 15.0. The molecule has 0 spiro atoms. The highest BCUT2D eigenvalue weighted by Crippen LogP contribution is 2.38.